The molecule has 0 fully saturated rings. The zero-order chi connectivity index (χ0) is 6.85. The van der Waals surface area contributed by atoms with Gasteiger partial charge in [-0.25, -0.2) is 0 Å². The first kappa shape index (κ1) is 6.23. The SMILES string of the molecule is [O-]c1ccc(Cl)cc1[O-]. The fraction of sp³-hybridized carbons (Fsp3) is 0. The van der Waals surface area contributed by atoms with E-state index in [1.54, 1.807) is 0 Å². The van der Waals surface area contributed by atoms with Crippen LogP contribution in [0.1, 0.15) is 0 Å². The second-order valence-corrected chi connectivity index (χ2v) is 2.03. The molecule has 9 heavy (non-hydrogen) atoms. The lowest BCUT2D eigenvalue weighted by atomic mass is 10.3. The van der Waals surface area contributed by atoms with E-state index >= 15 is 0 Å². The lowest BCUT2D eigenvalue weighted by molar-refractivity contribution is -0.317. The van der Waals surface area contributed by atoms with Crippen LogP contribution >= 0.6 is 11.6 Å². The van der Waals surface area contributed by atoms with Crippen LogP contribution < -0.4 is 10.2 Å². The van der Waals surface area contributed by atoms with Crippen molar-refractivity contribution < 1.29 is 10.2 Å². The molecule has 3 heteroatoms. The largest absolute Gasteiger partial charge is 0.873 e. The molecular formula is C6H3ClO2-2. The summed E-state index contributed by atoms with van der Waals surface area (Å²) >= 11 is 5.38. The van der Waals surface area contributed by atoms with Crippen LogP contribution in [0.5, 0.6) is 11.5 Å². The van der Waals surface area contributed by atoms with Gasteiger partial charge < -0.3 is 10.2 Å². The molecule has 1 aromatic rings. The lowest BCUT2D eigenvalue weighted by Gasteiger charge is -2.16. The number of rotatable bonds is 0. The van der Waals surface area contributed by atoms with Crippen molar-refractivity contribution in [3.63, 3.8) is 0 Å². The maximum absolute atomic E-state index is 10.4. The number of halogens is 1. The van der Waals surface area contributed by atoms with Crippen LogP contribution in [-0.4, -0.2) is 0 Å². The average molecular weight is 143 g/mol. The summed E-state index contributed by atoms with van der Waals surface area (Å²) < 4.78 is 0. The summed E-state index contributed by atoms with van der Waals surface area (Å²) in [5.74, 6) is -1.07. The minimum Gasteiger partial charge on any atom is -0.873 e. The van der Waals surface area contributed by atoms with Crippen molar-refractivity contribution in [1.82, 2.24) is 0 Å². The summed E-state index contributed by atoms with van der Waals surface area (Å²) in [5, 5.41) is 21.1. The Labute approximate surface area is 57.3 Å². The molecule has 1 aromatic carbocycles. The smallest absolute Gasteiger partial charge is 0.0399 e. The van der Waals surface area contributed by atoms with Crippen molar-refractivity contribution in [2.75, 3.05) is 0 Å². The predicted octanol–water partition coefficient (Wildman–Crippen LogP) is 0.487. The summed E-state index contributed by atoms with van der Waals surface area (Å²) in [5.41, 5.74) is 0. The van der Waals surface area contributed by atoms with Gasteiger partial charge in [0.15, 0.2) is 0 Å². The fourth-order valence-corrected chi connectivity index (χ4v) is 0.644. The predicted molar refractivity (Wildman–Crippen MR) is 30.3 cm³/mol. The maximum atomic E-state index is 10.4. The molecule has 2 nitrogen and oxygen atoms in total. The molecule has 0 aliphatic carbocycles. The Morgan fingerprint density at radius 1 is 1.11 bits per heavy atom. The van der Waals surface area contributed by atoms with Gasteiger partial charge >= 0.3 is 0 Å². The highest BCUT2D eigenvalue weighted by Gasteiger charge is 1.82. The van der Waals surface area contributed by atoms with Gasteiger partial charge in [-0.05, 0) is 6.07 Å². The standard InChI is InChI=1S/C6H5ClO2/c7-4-1-2-5(8)6(9)3-4/h1-3,8-9H/p-2. The third-order valence-corrected chi connectivity index (χ3v) is 1.14. The minimum atomic E-state index is -0.553. The van der Waals surface area contributed by atoms with Gasteiger partial charge in [0.2, 0.25) is 0 Å². The molecule has 0 N–H and O–H groups in total. The Morgan fingerprint density at radius 3 is 2.22 bits per heavy atom. The normalized spacial score (nSPS) is 9.44. The highest BCUT2D eigenvalue weighted by Crippen LogP contribution is 2.21. The molecule has 1 rings (SSSR count). The summed E-state index contributed by atoms with van der Waals surface area (Å²) in [6, 6.07) is 3.65. The summed E-state index contributed by atoms with van der Waals surface area (Å²) in [6.45, 7) is 0. The van der Waals surface area contributed by atoms with Crippen LogP contribution in [0.4, 0.5) is 0 Å². The van der Waals surface area contributed by atoms with E-state index in [2.05, 4.69) is 0 Å². The molecule has 0 saturated heterocycles. The Hall–Kier alpha value is -0.890. The summed E-state index contributed by atoms with van der Waals surface area (Å²) in [6.07, 6.45) is 0. The first-order valence-electron chi connectivity index (χ1n) is 2.34. The van der Waals surface area contributed by atoms with Gasteiger partial charge in [-0.15, -0.1) is 11.5 Å². The summed E-state index contributed by atoms with van der Waals surface area (Å²) in [4.78, 5) is 0. The molecule has 0 spiro atoms. The Balaban J connectivity index is 3.17. The molecule has 48 valence electrons. The van der Waals surface area contributed by atoms with E-state index in [-0.39, 0.29) is 0 Å². The van der Waals surface area contributed by atoms with E-state index in [0.29, 0.717) is 5.02 Å². The monoisotopic (exact) mass is 142 g/mol. The molecule has 0 unspecified atom stereocenters. The van der Waals surface area contributed by atoms with Crippen LogP contribution in [0.2, 0.25) is 5.02 Å². The van der Waals surface area contributed by atoms with Gasteiger partial charge in [0.05, 0.1) is 0 Å². The van der Waals surface area contributed by atoms with Crippen molar-refractivity contribution in [2.45, 2.75) is 0 Å². The highest BCUT2D eigenvalue weighted by atomic mass is 35.5. The van der Waals surface area contributed by atoms with Crippen molar-refractivity contribution in [3.8, 4) is 11.5 Å². The van der Waals surface area contributed by atoms with Crippen LogP contribution in [0, 0.1) is 0 Å². The van der Waals surface area contributed by atoms with Gasteiger partial charge in [-0.2, -0.15) is 0 Å². The molecule has 0 atom stereocenters. The molecule has 0 aromatic heterocycles. The first-order chi connectivity index (χ1) is 4.20. The van der Waals surface area contributed by atoms with Gasteiger partial charge in [0.1, 0.15) is 0 Å². The van der Waals surface area contributed by atoms with Crippen LogP contribution in [-0.2, 0) is 0 Å². The van der Waals surface area contributed by atoms with Gasteiger partial charge in [-0.3, -0.25) is 0 Å². The molecule has 0 radical (unpaired) electrons. The van der Waals surface area contributed by atoms with E-state index in [0.717, 1.165) is 12.1 Å². The second kappa shape index (κ2) is 2.15. The fourth-order valence-electron chi connectivity index (χ4n) is 0.482. The first-order valence-corrected chi connectivity index (χ1v) is 2.71. The molecular weight excluding hydrogens is 140 g/mol. The maximum Gasteiger partial charge on any atom is 0.0399 e. The molecule has 0 heterocycles. The Morgan fingerprint density at radius 2 is 1.78 bits per heavy atom. The number of hydrogen-bond acceptors (Lipinski definition) is 2. The molecule has 0 amide bonds. The van der Waals surface area contributed by atoms with Gasteiger partial charge in [-0.1, -0.05) is 23.7 Å². The van der Waals surface area contributed by atoms with E-state index in [9.17, 15) is 10.2 Å². The lowest BCUT2D eigenvalue weighted by Crippen LogP contribution is -1.97. The van der Waals surface area contributed by atoms with E-state index < -0.39 is 11.5 Å². The Bertz CT molecular complexity index is 222. The highest BCUT2D eigenvalue weighted by molar-refractivity contribution is 6.30. The Kier molecular flexibility index (Phi) is 1.49. The van der Waals surface area contributed by atoms with Crippen molar-refractivity contribution in [3.05, 3.63) is 23.2 Å². The van der Waals surface area contributed by atoms with Crippen molar-refractivity contribution >= 4 is 11.6 Å². The van der Waals surface area contributed by atoms with Crippen molar-refractivity contribution in [2.24, 2.45) is 0 Å². The van der Waals surface area contributed by atoms with Gasteiger partial charge in [0, 0.05) is 5.02 Å². The van der Waals surface area contributed by atoms with Crippen LogP contribution in [0.3, 0.4) is 0 Å². The zero-order valence-corrected chi connectivity index (χ0v) is 5.18. The van der Waals surface area contributed by atoms with Crippen LogP contribution in [0.25, 0.3) is 0 Å². The van der Waals surface area contributed by atoms with Crippen molar-refractivity contribution in [1.29, 1.82) is 0 Å². The molecule has 0 bridgehead atoms. The second-order valence-electron chi connectivity index (χ2n) is 1.59. The molecule has 0 aliphatic heterocycles. The topological polar surface area (TPSA) is 46.1 Å². The molecule has 0 saturated carbocycles. The third-order valence-electron chi connectivity index (χ3n) is 0.906. The zero-order valence-electron chi connectivity index (χ0n) is 4.43. The van der Waals surface area contributed by atoms with E-state index in [1.807, 2.05) is 0 Å². The van der Waals surface area contributed by atoms with E-state index in [1.165, 1.54) is 6.07 Å². The average Bonchev–Trinajstić information content (AvgIpc) is 1.80. The van der Waals surface area contributed by atoms with Gasteiger partial charge in [0.25, 0.3) is 0 Å². The van der Waals surface area contributed by atoms with Crippen LogP contribution in [0.15, 0.2) is 18.2 Å². The number of benzene rings is 1. The van der Waals surface area contributed by atoms with E-state index in [4.69, 9.17) is 11.6 Å². The molecule has 0 aliphatic rings. The third kappa shape index (κ3) is 1.27. The minimum absolute atomic E-state index is 0.305. The number of hydrogen-bond donors (Lipinski definition) is 0. The quantitative estimate of drug-likeness (QED) is 0.529. The summed E-state index contributed by atoms with van der Waals surface area (Å²) in [7, 11) is 0.